The van der Waals surface area contributed by atoms with Crippen LogP contribution in [0.1, 0.15) is 29.7 Å². The first kappa shape index (κ1) is 15.2. The van der Waals surface area contributed by atoms with E-state index in [1.807, 2.05) is 56.3 Å². The Hall–Kier alpha value is -2.69. The standard InChI is InChI=1S/C18H19N3O2/c1-12-9-16-17(10-13(12)2)21(20-19-16)14(3)18(22)23-11-15-7-5-4-6-8-15/h4-10,14H,11H2,1-3H3. The van der Waals surface area contributed by atoms with Crippen LogP contribution in [0.4, 0.5) is 0 Å². The number of benzene rings is 2. The molecule has 0 amide bonds. The molecule has 1 aromatic heterocycles. The van der Waals surface area contributed by atoms with Crippen LogP contribution in [0.5, 0.6) is 0 Å². The van der Waals surface area contributed by atoms with Crippen LogP contribution in [0.2, 0.25) is 0 Å². The molecule has 0 aliphatic carbocycles. The zero-order valence-electron chi connectivity index (χ0n) is 13.5. The second-order valence-corrected chi connectivity index (χ2v) is 5.73. The van der Waals surface area contributed by atoms with E-state index in [9.17, 15) is 4.79 Å². The van der Waals surface area contributed by atoms with E-state index in [4.69, 9.17) is 4.74 Å². The van der Waals surface area contributed by atoms with Gasteiger partial charge >= 0.3 is 5.97 Å². The second-order valence-electron chi connectivity index (χ2n) is 5.73. The first-order valence-corrected chi connectivity index (χ1v) is 7.59. The summed E-state index contributed by atoms with van der Waals surface area (Å²) in [4.78, 5) is 12.3. The van der Waals surface area contributed by atoms with Gasteiger partial charge in [-0.1, -0.05) is 35.5 Å². The van der Waals surface area contributed by atoms with E-state index in [-0.39, 0.29) is 12.6 Å². The minimum absolute atomic E-state index is 0.259. The first-order valence-electron chi connectivity index (χ1n) is 7.59. The molecule has 118 valence electrons. The highest BCUT2D eigenvalue weighted by Gasteiger charge is 2.20. The van der Waals surface area contributed by atoms with Crippen molar-refractivity contribution in [3.05, 3.63) is 59.2 Å². The maximum Gasteiger partial charge on any atom is 0.331 e. The average molecular weight is 309 g/mol. The number of carbonyl (C=O) groups is 1. The van der Waals surface area contributed by atoms with Crippen LogP contribution in [0.15, 0.2) is 42.5 Å². The number of carbonyl (C=O) groups excluding carboxylic acids is 1. The average Bonchev–Trinajstić information content (AvgIpc) is 2.96. The van der Waals surface area contributed by atoms with Crippen molar-refractivity contribution in [2.24, 2.45) is 0 Å². The zero-order valence-corrected chi connectivity index (χ0v) is 13.5. The minimum atomic E-state index is -0.522. The lowest BCUT2D eigenvalue weighted by atomic mass is 10.1. The minimum Gasteiger partial charge on any atom is -0.459 e. The monoisotopic (exact) mass is 309 g/mol. The third-order valence-corrected chi connectivity index (χ3v) is 4.02. The van der Waals surface area contributed by atoms with E-state index in [0.29, 0.717) is 0 Å². The molecule has 23 heavy (non-hydrogen) atoms. The Morgan fingerprint density at radius 1 is 1.17 bits per heavy atom. The van der Waals surface area contributed by atoms with Crippen LogP contribution in [-0.4, -0.2) is 21.0 Å². The molecule has 0 saturated heterocycles. The van der Waals surface area contributed by atoms with E-state index < -0.39 is 6.04 Å². The van der Waals surface area contributed by atoms with Gasteiger partial charge < -0.3 is 4.74 Å². The van der Waals surface area contributed by atoms with E-state index in [1.165, 1.54) is 0 Å². The Labute approximate surface area is 134 Å². The van der Waals surface area contributed by atoms with Gasteiger partial charge in [0.2, 0.25) is 0 Å². The summed E-state index contributed by atoms with van der Waals surface area (Å²) in [5.41, 5.74) is 4.89. The van der Waals surface area contributed by atoms with Gasteiger partial charge in [0.1, 0.15) is 18.2 Å². The van der Waals surface area contributed by atoms with Crippen molar-refractivity contribution in [1.29, 1.82) is 0 Å². The number of fused-ring (bicyclic) bond motifs is 1. The fourth-order valence-electron chi connectivity index (χ4n) is 2.43. The molecule has 2 aromatic carbocycles. The summed E-state index contributed by atoms with van der Waals surface area (Å²) in [5.74, 6) is -0.320. The molecule has 1 unspecified atom stereocenters. The van der Waals surface area contributed by atoms with Crippen LogP contribution in [0.25, 0.3) is 11.0 Å². The molecule has 1 atom stereocenters. The first-order chi connectivity index (χ1) is 11.1. The van der Waals surface area contributed by atoms with Crippen LogP contribution < -0.4 is 0 Å². The molecule has 0 bridgehead atoms. The van der Waals surface area contributed by atoms with Crippen molar-refractivity contribution >= 4 is 17.0 Å². The highest BCUT2D eigenvalue weighted by atomic mass is 16.5. The normalized spacial score (nSPS) is 12.3. The number of nitrogens with zero attached hydrogens (tertiary/aromatic N) is 3. The van der Waals surface area contributed by atoms with Crippen molar-refractivity contribution in [2.75, 3.05) is 0 Å². The lowest BCUT2D eigenvalue weighted by Gasteiger charge is -2.12. The second kappa shape index (κ2) is 6.20. The van der Waals surface area contributed by atoms with Crippen molar-refractivity contribution in [3.63, 3.8) is 0 Å². The maximum absolute atomic E-state index is 12.3. The molecular formula is C18H19N3O2. The number of aryl methyl sites for hydroxylation is 2. The van der Waals surface area contributed by atoms with Gasteiger partial charge in [-0.15, -0.1) is 5.10 Å². The molecule has 0 aliphatic heterocycles. The number of aromatic nitrogens is 3. The molecule has 3 aromatic rings. The lowest BCUT2D eigenvalue weighted by molar-refractivity contribution is -0.148. The van der Waals surface area contributed by atoms with E-state index >= 15 is 0 Å². The fourth-order valence-corrected chi connectivity index (χ4v) is 2.43. The molecule has 0 N–H and O–H groups in total. The molecule has 0 saturated carbocycles. The Balaban J connectivity index is 1.78. The molecular weight excluding hydrogens is 290 g/mol. The highest BCUT2D eigenvalue weighted by Crippen LogP contribution is 2.21. The third kappa shape index (κ3) is 3.08. The Morgan fingerprint density at radius 3 is 2.61 bits per heavy atom. The van der Waals surface area contributed by atoms with Crippen LogP contribution in [0.3, 0.4) is 0 Å². The quantitative estimate of drug-likeness (QED) is 0.693. The largest absolute Gasteiger partial charge is 0.459 e. The smallest absolute Gasteiger partial charge is 0.331 e. The molecule has 0 spiro atoms. The number of rotatable bonds is 4. The Kier molecular flexibility index (Phi) is 4.10. The van der Waals surface area contributed by atoms with Gasteiger partial charge in [-0.3, -0.25) is 0 Å². The molecule has 0 aliphatic rings. The van der Waals surface area contributed by atoms with Gasteiger partial charge in [-0.2, -0.15) is 0 Å². The summed E-state index contributed by atoms with van der Waals surface area (Å²) in [6.07, 6.45) is 0. The van der Waals surface area contributed by atoms with Crippen LogP contribution in [-0.2, 0) is 16.1 Å². The summed E-state index contributed by atoms with van der Waals surface area (Å²) in [5, 5.41) is 8.27. The summed E-state index contributed by atoms with van der Waals surface area (Å²) < 4.78 is 7.01. The van der Waals surface area contributed by atoms with Gasteiger partial charge in [-0.05, 0) is 49.6 Å². The molecule has 0 radical (unpaired) electrons. The molecule has 5 heteroatoms. The predicted octanol–water partition coefficient (Wildman–Crippen LogP) is 3.35. The third-order valence-electron chi connectivity index (χ3n) is 4.02. The van der Waals surface area contributed by atoms with Crippen LogP contribution >= 0.6 is 0 Å². The predicted molar refractivity (Wildman–Crippen MR) is 88.0 cm³/mol. The van der Waals surface area contributed by atoms with Gasteiger partial charge in [-0.25, -0.2) is 9.48 Å². The van der Waals surface area contributed by atoms with Crippen molar-refractivity contribution in [1.82, 2.24) is 15.0 Å². The number of esters is 1. The van der Waals surface area contributed by atoms with Crippen molar-refractivity contribution in [2.45, 2.75) is 33.4 Å². The van der Waals surface area contributed by atoms with E-state index in [1.54, 1.807) is 11.6 Å². The van der Waals surface area contributed by atoms with E-state index in [0.717, 1.165) is 27.7 Å². The van der Waals surface area contributed by atoms with Crippen molar-refractivity contribution in [3.8, 4) is 0 Å². The number of ether oxygens (including phenoxy) is 1. The van der Waals surface area contributed by atoms with Gasteiger partial charge in [0, 0.05) is 0 Å². The summed E-state index contributed by atoms with van der Waals surface area (Å²) in [7, 11) is 0. The molecule has 5 nitrogen and oxygen atoms in total. The van der Waals surface area contributed by atoms with E-state index in [2.05, 4.69) is 10.3 Å². The van der Waals surface area contributed by atoms with Gasteiger partial charge in [0.25, 0.3) is 0 Å². The summed E-state index contributed by atoms with van der Waals surface area (Å²) in [6.45, 7) is 6.10. The van der Waals surface area contributed by atoms with Gasteiger partial charge in [0.15, 0.2) is 0 Å². The molecule has 1 heterocycles. The number of hydrogen-bond acceptors (Lipinski definition) is 4. The van der Waals surface area contributed by atoms with Gasteiger partial charge in [0.05, 0.1) is 5.52 Å². The molecule has 3 rings (SSSR count). The summed E-state index contributed by atoms with van der Waals surface area (Å²) >= 11 is 0. The number of hydrogen-bond donors (Lipinski definition) is 0. The SMILES string of the molecule is Cc1cc2nnn(C(C)C(=O)OCc3ccccc3)c2cc1C. The summed E-state index contributed by atoms with van der Waals surface area (Å²) in [6, 6.07) is 13.1. The topological polar surface area (TPSA) is 57.0 Å². The maximum atomic E-state index is 12.3. The van der Waals surface area contributed by atoms with Crippen LogP contribution in [0, 0.1) is 13.8 Å². The lowest BCUT2D eigenvalue weighted by Crippen LogP contribution is -2.20. The fraction of sp³-hybridized carbons (Fsp3) is 0.278. The Bertz CT molecular complexity index is 840. The van der Waals surface area contributed by atoms with Crippen molar-refractivity contribution < 1.29 is 9.53 Å². The highest BCUT2D eigenvalue weighted by molar-refractivity contribution is 5.80. The molecule has 0 fully saturated rings. The Morgan fingerprint density at radius 2 is 1.87 bits per heavy atom. The zero-order chi connectivity index (χ0) is 16.4.